The Kier molecular flexibility index (Phi) is 3.85. The molecule has 1 heterocycles. The molecule has 0 fully saturated rings. The van der Waals surface area contributed by atoms with Gasteiger partial charge < -0.3 is 5.32 Å². The first-order valence-corrected chi connectivity index (χ1v) is 7.45. The van der Waals surface area contributed by atoms with E-state index in [9.17, 15) is 4.39 Å². The zero-order chi connectivity index (χ0) is 13.9. The normalized spacial score (nSPS) is 10.9. The third-order valence-electron chi connectivity index (χ3n) is 2.98. The maximum Gasteiger partial charge on any atom is 0.183 e. The number of nitrogens with zero attached hydrogens (tertiary/aromatic N) is 1. The molecular weight excluding hydrogens is 295 g/mol. The molecule has 2 aromatic carbocycles. The molecule has 20 heavy (non-hydrogen) atoms. The summed E-state index contributed by atoms with van der Waals surface area (Å²) in [6, 6.07) is 12.5. The highest BCUT2D eigenvalue weighted by Gasteiger charge is 2.05. The minimum absolute atomic E-state index is 0.162. The maximum atomic E-state index is 13.5. The molecule has 3 aromatic rings. The number of thiazole rings is 1. The summed E-state index contributed by atoms with van der Waals surface area (Å²) in [5.41, 5.74) is 1.60. The van der Waals surface area contributed by atoms with Crippen LogP contribution in [0.15, 0.2) is 42.5 Å². The minimum atomic E-state index is -0.162. The van der Waals surface area contributed by atoms with Crippen LogP contribution in [0.3, 0.4) is 0 Å². The van der Waals surface area contributed by atoms with Crippen molar-refractivity contribution in [3.05, 3.63) is 58.9 Å². The second kappa shape index (κ2) is 5.77. The first-order valence-electron chi connectivity index (χ1n) is 6.26. The Balaban J connectivity index is 1.67. The van der Waals surface area contributed by atoms with Crippen molar-refractivity contribution in [1.82, 2.24) is 4.98 Å². The van der Waals surface area contributed by atoms with Gasteiger partial charge in [0.15, 0.2) is 5.13 Å². The second-order valence-corrected chi connectivity index (χ2v) is 5.87. The van der Waals surface area contributed by atoms with E-state index in [2.05, 4.69) is 10.3 Å². The summed E-state index contributed by atoms with van der Waals surface area (Å²) in [5.74, 6) is -0.162. The Morgan fingerprint density at radius 3 is 2.90 bits per heavy atom. The molecule has 0 atom stereocenters. The number of hydrogen-bond acceptors (Lipinski definition) is 3. The van der Waals surface area contributed by atoms with Gasteiger partial charge in [0.2, 0.25) is 0 Å². The molecule has 0 unspecified atom stereocenters. The summed E-state index contributed by atoms with van der Waals surface area (Å²) in [7, 11) is 0. The molecule has 0 radical (unpaired) electrons. The molecule has 102 valence electrons. The Hall–Kier alpha value is -1.65. The lowest BCUT2D eigenvalue weighted by atomic mass is 10.1. The van der Waals surface area contributed by atoms with Gasteiger partial charge in [0, 0.05) is 11.6 Å². The van der Waals surface area contributed by atoms with Crippen LogP contribution in [-0.2, 0) is 6.42 Å². The van der Waals surface area contributed by atoms with Crippen LogP contribution < -0.4 is 5.32 Å². The summed E-state index contributed by atoms with van der Waals surface area (Å²) in [4.78, 5) is 4.46. The minimum Gasteiger partial charge on any atom is -0.361 e. The standard InChI is InChI=1S/C15H12ClFN2S/c16-11-5-6-14-13(9-11)19-15(20-14)18-8-7-10-3-1-2-4-12(10)17/h1-6,9H,7-8H2,(H,18,19). The lowest BCUT2D eigenvalue weighted by Gasteiger charge is -2.03. The van der Waals surface area contributed by atoms with Crippen LogP contribution in [0.5, 0.6) is 0 Å². The van der Waals surface area contributed by atoms with Crippen molar-refractivity contribution in [3.63, 3.8) is 0 Å². The number of benzene rings is 2. The largest absolute Gasteiger partial charge is 0.361 e. The molecule has 0 saturated heterocycles. The van der Waals surface area contributed by atoms with Gasteiger partial charge in [-0.25, -0.2) is 9.37 Å². The van der Waals surface area contributed by atoms with Crippen molar-refractivity contribution in [3.8, 4) is 0 Å². The predicted octanol–water partition coefficient (Wildman–Crippen LogP) is 4.74. The van der Waals surface area contributed by atoms with Crippen LogP contribution in [0.1, 0.15) is 5.56 Å². The lowest BCUT2D eigenvalue weighted by Crippen LogP contribution is -2.05. The highest BCUT2D eigenvalue weighted by molar-refractivity contribution is 7.22. The van der Waals surface area contributed by atoms with E-state index in [1.807, 2.05) is 24.3 Å². The molecular formula is C15H12ClFN2S. The molecule has 3 rings (SSSR count). The molecule has 1 N–H and O–H groups in total. The number of rotatable bonds is 4. The Morgan fingerprint density at radius 2 is 2.05 bits per heavy atom. The van der Waals surface area contributed by atoms with Crippen molar-refractivity contribution in [2.45, 2.75) is 6.42 Å². The summed E-state index contributed by atoms with van der Waals surface area (Å²) in [6.45, 7) is 0.647. The zero-order valence-electron chi connectivity index (χ0n) is 10.6. The quantitative estimate of drug-likeness (QED) is 0.753. The molecule has 2 nitrogen and oxygen atoms in total. The number of aromatic nitrogens is 1. The average Bonchev–Trinajstić information content (AvgIpc) is 2.83. The van der Waals surface area contributed by atoms with Gasteiger partial charge in [-0.15, -0.1) is 0 Å². The molecule has 0 saturated carbocycles. The highest BCUT2D eigenvalue weighted by Crippen LogP contribution is 2.27. The summed E-state index contributed by atoms with van der Waals surface area (Å²) in [6.07, 6.45) is 0.628. The van der Waals surface area contributed by atoms with E-state index < -0.39 is 0 Å². The monoisotopic (exact) mass is 306 g/mol. The smallest absolute Gasteiger partial charge is 0.183 e. The SMILES string of the molecule is Fc1ccccc1CCNc1nc2cc(Cl)ccc2s1. The van der Waals surface area contributed by atoms with Gasteiger partial charge in [-0.3, -0.25) is 0 Å². The van der Waals surface area contributed by atoms with Gasteiger partial charge in [0.05, 0.1) is 10.2 Å². The molecule has 0 aliphatic carbocycles. The van der Waals surface area contributed by atoms with Gasteiger partial charge in [-0.05, 0) is 36.2 Å². The van der Waals surface area contributed by atoms with Crippen LogP contribution in [-0.4, -0.2) is 11.5 Å². The van der Waals surface area contributed by atoms with E-state index in [1.54, 1.807) is 23.5 Å². The van der Waals surface area contributed by atoms with Crippen LogP contribution in [0.25, 0.3) is 10.2 Å². The van der Waals surface area contributed by atoms with Crippen molar-refractivity contribution in [2.24, 2.45) is 0 Å². The topological polar surface area (TPSA) is 24.9 Å². The van der Waals surface area contributed by atoms with Gasteiger partial charge in [0.25, 0.3) is 0 Å². The molecule has 0 aliphatic heterocycles. The summed E-state index contributed by atoms with van der Waals surface area (Å²) >= 11 is 7.50. The van der Waals surface area contributed by atoms with E-state index >= 15 is 0 Å². The molecule has 0 bridgehead atoms. The number of nitrogens with one attached hydrogen (secondary N) is 1. The fourth-order valence-electron chi connectivity index (χ4n) is 1.98. The van der Waals surface area contributed by atoms with E-state index in [1.165, 1.54) is 6.07 Å². The lowest BCUT2D eigenvalue weighted by molar-refractivity contribution is 0.610. The first kappa shape index (κ1) is 13.3. The fourth-order valence-corrected chi connectivity index (χ4v) is 3.02. The van der Waals surface area contributed by atoms with Crippen molar-refractivity contribution in [1.29, 1.82) is 0 Å². The summed E-state index contributed by atoms with van der Waals surface area (Å²) < 4.78 is 14.6. The third kappa shape index (κ3) is 2.92. The maximum absolute atomic E-state index is 13.5. The van der Waals surface area contributed by atoms with Crippen molar-refractivity contribution in [2.75, 3.05) is 11.9 Å². The van der Waals surface area contributed by atoms with E-state index in [0.717, 1.165) is 15.3 Å². The van der Waals surface area contributed by atoms with Gasteiger partial charge in [-0.1, -0.05) is 41.1 Å². The van der Waals surface area contributed by atoms with E-state index in [4.69, 9.17) is 11.6 Å². The Bertz CT molecular complexity index is 742. The van der Waals surface area contributed by atoms with Crippen LogP contribution in [0.4, 0.5) is 9.52 Å². The average molecular weight is 307 g/mol. The highest BCUT2D eigenvalue weighted by atomic mass is 35.5. The Labute approximate surface area is 125 Å². The van der Waals surface area contributed by atoms with Crippen molar-refractivity contribution < 1.29 is 4.39 Å². The molecule has 1 aromatic heterocycles. The number of fused-ring (bicyclic) bond motifs is 1. The summed E-state index contributed by atoms with van der Waals surface area (Å²) in [5, 5.41) is 4.74. The predicted molar refractivity (Wildman–Crippen MR) is 83.2 cm³/mol. The number of hydrogen-bond donors (Lipinski definition) is 1. The Morgan fingerprint density at radius 1 is 1.20 bits per heavy atom. The second-order valence-electron chi connectivity index (χ2n) is 4.40. The van der Waals surface area contributed by atoms with Crippen LogP contribution in [0.2, 0.25) is 5.02 Å². The van der Waals surface area contributed by atoms with Gasteiger partial charge in [0.1, 0.15) is 5.82 Å². The van der Waals surface area contributed by atoms with Gasteiger partial charge in [-0.2, -0.15) is 0 Å². The van der Waals surface area contributed by atoms with Gasteiger partial charge >= 0.3 is 0 Å². The molecule has 5 heteroatoms. The zero-order valence-corrected chi connectivity index (χ0v) is 12.1. The number of anilines is 1. The number of halogens is 2. The molecule has 0 amide bonds. The van der Waals surface area contributed by atoms with Crippen LogP contribution >= 0.6 is 22.9 Å². The van der Waals surface area contributed by atoms with E-state index in [-0.39, 0.29) is 5.82 Å². The van der Waals surface area contributed by atoms with Crippen molar-refractivity contribution >= 4 is 38.3 Å². The van der Waals surface area contributed by atoms with E-state index in [0.29, 0.717) is 23.6 Å². The molecule has 0 aliphatic rings. The molecule has 0 spiro atoms. The third-order valence-corrected chi connectivity index (χ3v) is 4.21. The fraction of sp³-hybridized carbons (Fsp3) is 0.133. The van der Waals surface area contributed by atoms with Crippen LogP contribution in [0, 0.1) is 5.82 Å². The first-order chi connectivity index (χ1) is 9.72.